The van der Waals surface area contributed by atoms with Crippen LogP contribution in [0.3, 0.4) is 0 Å². The third-order valence-electron chi connectivity index (χ3n) is 2.35. The zero-order chi connectivity index (χ0) is 14.9. The summed E-state index contributed by atoms with van der Waals surface area (Å²) in [4.78, 5) is 7.10. The lowest BCUT2D eigenvalue weighted by Crippen LogP contribution is -2.15. The second-order valence-corrected chi connectivity index (χ2v) is 4.57. The van der Waals surface area contributed by atoms with Gasteiger partial charge in [0.05, 0.1) is 10.7 Å². The lowest BCUT2D eigenvalue weighted by Gasteiger charge is -2.11. The van der Waals surface area contributed by atoms with Crippen LogP contribution in [0.2, 0.25) is 10.0 Å². The topological polar surface area (TPSA) is 63.8 Å². The van der Waals surface area contributed by atoms with E-state index < -0.39 is 11.9 Å². The molecule has 2 rings (SSSR count). The lowest BCUT2D eigenvalue weighted by atomic mass is 10.1. The molecule has 0 fully saturated rings. The first-order chi connectivity index (χ1) is 9.31. The maximum absolute atomic E-state index is 12.8. The van der Waals surface area contributed by atoms with Crippen LogP contribution < -0.4 is 11.3 Å². The molecule has 9 heteroatoms. The van der Waals surface area contributed by atoms with Crippen LogP contribution in [0.15, 0.2) is 24.3 Å². The van der Waals surface area contributed by atoms with Crippen LogP contribution in [-0.2, 0) is 6.18 Å². The smallest absolute Gasteiger partial charge is 0.292 e. The van der Waals surface area contributed by atoms with Crippen LogP contribution in [0.25, 0.3) is 11.3 Å². The SMILES string of the molecule is NNc1nc(-c2cc(Cl)ccc2Cl)cc(C(F)(F)F)n1. The summed E-state index contributed by atoms with van der Waals surface area (Å²) in [5.74, 6) is 4.71. The van der Waals surface area contributed by atoms with Gasteiger partial charge >= 0.3 is 6.18 Å². The largest absolute Gasteiger partial charge is 0.433 e. The molecule has 1 aromatic carbocycles. The summed E-state index contributed by atoms with van der Waals surface area (Å²) in [5, 5.41) is 0.531. The molecule has 0 aliphatic heterocycles. The maximum atomic E-state index is 12.8. The molecule has 106 valence electrons. The van der Waals surface area contributed by atoms with Gasteiger partial charge in [-0.15, -0.1) is 0 Å². The summed E-state index contributed by atoms with van der Waals surface area (Å²) in [6.45, 7) is 0. The molecule has 0 atom stereocenters. The molecule has 1 aromatic heterocycles. The Bertz CT molecular complexity index is 646. The van der Waals surface area contributed by atoms with Gasteiger partial charge in [0.15, 0.2) is 5.69 Å². The molecular weight excluding hydrogens is 316 g/mol. The number of hydrogen-bond acceptors (Lipinski definition) is 4. The summed E-state index contributed by atoms with van der Waals surface area (Å²) in [5.41, 5.74) is 1.07. The fourth-order valence-corrected chi connectivity index (χ4v) is 1.88. The van der Waals surface area contributed by atoms with E-state index in [2.05, 4.69) is 9.97 Å². The van der Waals surface area contributed by atoms with Crippen LogP contribution >= 0.6 is 23.2 Å². The quantitative estimate of drug-likeness (QED) is 0.652. The highest BCUT2D eigenvalue weighted by Gasteiger charge is 2.34. The molecule has 3 N–H and O–H groups in total. The van der Waals surface area contributed by atoms with Gasteiger partial charge in [-0.05, 0) is 24.3 Å². The van der Waals surface area contributed by atoms with E-state index in [0.29, 0.717) is 5.02 Å². The summed E-state index contributed by atoms with van der Waals surface area (Å²) < 4.78 is 38.3. The molecule has 0 unspecified atom stereocenters. The highest BCUT2D eigenvalue weighted by Crippen LogP contribution is 2.34. The van der Waals surface area contributed by atoms with Gasteiger partial charge in [0.2, 0.25) is 5.95 Å². The zero-order valence-corrected chi connectivity index (χ0v) is 11.2. The Morgan fingerprint density at radius 2 is 1.80 bits per heavy atom. The molecule has 20 heavy (non-hydrogen) atoms. The normalized spacial score (nSPS) is 11.5. The number of nitrogen functional groups attached to an aromatic ring is 1. The van der Waals surface area contributed by atoms with Gasteiger partial charge in [-0.25, -0.2) is 15.8 Å². The van der Waals surface area contributed by atoms with Gasteiger partial charge in [0, 0.05) is 10.6 Å². The molecule has 0 bridgehead atoms. The van der Waals surface area contributed by atoms with Crippen molar-refractivity contribution in [2.45, 2.75) is 6.18 Å². The van der Waals surface area contributed by atoms with Gasteiger partial charge in [-0.1, -0.05) is 23.2 Å². The van der Waals surface area contributed by atoms with E-state index in [4.69, 9.17) is 29.0 Å². The van der Waals surface area contributed by atoms with E-state index in [-0.39, 0.29) is 22.2 Å². The number of alkyl halides is 3. The first-order valence-electron chi connectivity index (χ1n) is 5.19. The predicted octanol–water partition coefficient (Wildman–Crippen LogP) is 3.75. The minimum Gasteiger partial charge on any atom is -0.292 e. The maximum Gasteiger partial charge on any atom is 0.433 e. The number of anilines is 1. The number of nitrogens with zero attached hydrogens (tertiary/aromatic N) is 2. The second kappa shape index (κ2) is 5.43. The minimum atomic E-state index is -4.63. The molecule has 0 saturated carbocycles. The van der Waals surface area contributed by atoms with Crippen LogP contribution in [0.1, 0.15) is 5.69 Å². The molecule has 0 radical (unpaired) electrons. The standard InChI is InChI=1S/C11H7Cl2F3N4/c12-5-1-2-7(13)6(3-5)8-4-9(11(14,15)16)19-10(18-8)20-17/h1-4H,17H2,(H,18,19,20). The van der Waals surface area contributed by atoms with Crippen molar-refractivity contribution in [1.82, 2.24) is 9.97 Å². The first-order valence-corrected chi connectivity index (χ1v) is 5.95. The van der Waals surface area contributed by atoms with E-state index in [9.17, 15) is 13.2 Å². The van der Waals surface area contributed by atoms with E-state index >= 15 is 0 Å². The third-order valence-corrected chi connectivity index (χ3v) is 2.91. The number of nitrogens with two attached hydrogens (primary N) is 1. The number of benzene rings is 1. The van der Waals surface area contributed by atoms with E-state index in [1.54, 1.807) is 0 Å². The average Bonchev–Trinajstić information content (AvgIpc) is 2.40. The Hall–Kier alpha value is -1.57. The molecule has 1 heterocycles. The van der Waals surface area contributed by atoms with Crippen LogP contribution in [0.5, 0.6) is 0 Å². The lowest BCUT2D eigenvalue weighted by molar-refractivity contribution is -0.141. The number of nitrogens with one attached hydrogen (secondary N) is 1. The highest BCUT2D eigenvalue weighted by atomic mass is 35.5. The van der Waals surface area contributed by atoms with E-state index in [1.165, 1.54) is 18.2 Å². The monoisotopic (exact) mass is 322 g/mol. The summed E-state index contributed by atoms with van der Waals surface area (Å²) in [7, 11) is 0. The number of aromatic nitrogens is 2. The van der Waals surface area contributed by atoms with Gasteiger partial charge in [-0.2, -0.15) is 13.2 Å². The van der Waals surface area contributed by atoms with Gasteiger partial charge in [0.1, 0.15) is 0 Å². The van der Waals surface area contributed by atoms with Gasteiger partial charge < -0.3 is 0 Å². The van der Waals surface area contributed by atoms with Crippen LogP contribution in [-0.4, -0.2) is 9.97 Å². The van der Waals surface area contributed by atoms with Crippen molar-refractivity contribution in [3.63, 3.8) is 0 Å². The molecule has 0 spiro atoms. The van der Waals surface area contributed by atoms with Crippen LogP contribution in [0.4, 0.5) is 19.1 Å². The van der Waals surface area contributed by atoms with Crippen molar-refractivity contribution < 1.29 is 13.2 Å². The number of hydrogen-bond donors (Lipinski definition) is 2. The molecule has 0 aliphatic carbocycles. The van der Waals surface area contributed by atoms with Crippen molar-refractivity contribution in [2.24, 2.45) is 5.84 Å². The Kier molecular flexibility index (Phi) is 4.03. The second-order valence-electron chi connectivity index (χ2n) is 3.73. The summed E-state index contributed by atoms with van der Waals surface area (Å²) in [6, 6.07) is 5.16. The predicted molar refractivity (Wildman–Crippen MR) is 70.3 cm³/mol. The first kappa shape index (κ1) is 14.8. The molecular formula is C11H7Cl2F3N4. The number of rotatable bonds is 2. The van der Waals surface area contributed by atoms with Crippen molar-refractivity contribution in [2.75, 3.05) is 5.43 Å². The summed E-state index contributed by atoms with van der Waals surface area (Å²) >= 11 is 11.7. The van der Waals surface area contributed by atoms with Crippen molar-refractivity contribution in [3.05, 3.63) is 40.0 Å². The summed E-state index contributed by atoms with van der Waals surface area (Å²) in [6.07, 6.45) is -4.63. The van der Waals surface area contributed by atoms with Crippen molar-refractivity contribution >= 4 is 29.2 Å². The Labute approximate surface area is 121 Å². The Morgan fingerprint density at radius 1 is 1.10 bits per heavy atom. The molecule has 0 amide bonds. The molecule has 4 nitrogen and oxygen atoms in total. The van der Waals surface area contributed by atoms with Crippen molar-refractivity contribution in [3.8, 4) is 11.3 Å². The molecule has 0 saturated heterocycles. The van der Waals surface area contributed by atoms with E-state index in [1.807, 2.05) is 5.43 Å². The van der Waals surface area contributed by atoms with Gasteiger partial charge in [0.25, 0.3) is 0 Å². The Morgan fingerprint density at radius 3 is 2.40 bits per heavy atom. The third kappa shape index (κ3) is 3.12. The van der Waals surface area contributed by atoms with Crippen molar-refractivity contribution in [1.29, 1.82) is 0 Å². The molecule has 2 aromatic rings. The number of halogens is 5. The van der Waals surface area contributed by atoms with Crippen LogP contribution in [0, 0.1) is 0 Å². The minimum absolute atomic E-state index is 0.0345. The Balaban J connectivity index is 2.64. The van der Waals surface area contributed by atoms with Gasteiger partial charge in [-0.3, -0.25) is 5.43 Å². The average molecular weight is 323 g/mol. The number of hydrazine groups is 1. The fraction of sp³-hybridized carbons (Fsp3) is 0.0909. The molecule has 0 aliphatic rings. The fourth-order valence-electron chi connectivity index (χ4n) is 1.49. The highest BCUT2D eigenvalue weighted by molar-refractivity contribution is 6.35. The van der Waals surface area contributed by atoms with E-state index in [0.717, 1.165) is 6.07 Å². The zero-order valence-electron chi connectivity index (χ0n) is 9.67.